The highest BCUT2D eigenvalue weighted by molar-refractivity contribution is 8.00. The van der Waals surface area contributed by atoms with Crippen LogP contribution < -0.4 is 11.2 Å². The molecule has 0 radical (unpaired) electrons. The average Bonchev–Trinajstić information content (AvgIpc) is 3.09. The van der Waals surface area contributed by atoms with Crippen LogP contribution in [0.2, 0.25) is 10.0 Å². The number of esters is 1. The molecule has 0 amide bonds. The molecule has 0 aliphatic carbocycles. The fourth-order valence-corrected chi connectivity index (χ4v) is 3.88. The number of rotatable bonds is 6. The number of hydrogen-bond donors (Lipinski definition) is 0. The zero-order chi connectivity index (χ0) is 20.4. The van der Waals surface area contributed by atoms with Gasteiger partial charge in [0, 0.05) is 24.0 Å². The number of benzene rings is 1. The van der Waals surface area contributed by atoms with E-state index in [1.807, 2.05) is 0 Å². The van der Waals surface area contributed by atoms with Crippen molar-refractivity contribution in [2.24, 2.45) is 14.1 Å². The van der Waals surface area contributed by atoms with Crippen LogP contribution in [-0.2, 0) is 30.2 Å². The first kappa shape index (κ1) is 20.5. The topological polar surface area (TPSA) is 88.1 Å². The second-order valence-electron chi connectivity index (χ2n) is 5.90. The van der Waals surface area contributed by atoms with Crippen molar-refractivity contribution >= 4 is 52.1 Å². The van der Waals surface area contributed by atoms with Crippen molar-refractivity contribution in [1.82, 2.24) is 18.7 Å². The number of thioether (sulfide) groups is 1. The predicted octanol–water partition coefficient (Wildman–Crippen LogP) is 2.08. The number of halogens is 2. The Morgan fingerprint density at radius 1 is 1.21 bits per heavy atom. The van der Waals surface area contributed by atoms with E-state index in [0.29, 0.717) is 14.9 Å². The molecular weight excluding hydrogens is 427 g/mol. The molecule has 0 fully saturated rings. The lowest BCUT2D eigenvalue weighted by Crippen LogP contribution is -2.37. The van der Waals surface area contributed by atoms with Crippen LogP contribution in [0.3, 0.4) is 0 Å². The number of aryl methyl sites for hydroxylation is 1. The second kappa shape index (κ2) is 8.42. The molecule has 0 N–H and O–H groups in total. The Morgan fingerprint density at radius 2 is 1.96 bits per heavy atom. The number of aromatic nitrogens is 4. The summed E-state index contributed by atoms with van der Waals surface area (Å²) < 4.78 is 9.09. The number of carbonyl (C=O) groups is 1. The van der Waals surface area contributed by atoms with Crippen LogP contribution in [0.1, 0.15) is 0 Å². The van der Waals surface area contributed by atoms with Crippen molar-refractivity contribution in [3.05, 3.63) is 55.4 Å². The van der Waals surface area contributed by atoms with Gasteiger partial charge in [-0.1, -0.05) is 23.2 Å². The van der Waals surface area contributed by atoms with Crippen LogP contribution in [0.4, 0.5) is 0 Å². The molecular formula is C17H16Cl2N4O4S. The fraction of sp³-hybridized carbons (Fsp3) is 0.294. The molecule has 28 heavy (non-hydrogen) atoms. The molecule has 3 aromatic rings. The van der Waals surface area contributed by atoms with E-state index in [1.165, 1.54) is 29.7 Å². The van der Waals surface area contributed by atoms with Crippen molar-refractivity contribution in [3.8, 4) is 0 Å². The summed E-state index contributed by atoms with van der Waals surface area (Å²) in [6.45, 7) is 0.290. The molecule has 0 spiro atoms. The maximum atomic E-state index is 12.4. The zero-order valence-electron chi connectivity index (χ0n) is 15.0. The summed E-state index contributed by atoms with van der Waals surface area (Å²) >= 11 is 13.2. The summed E-state index contributed by atoms with van der Waals surface area (Å²) in [6.07, 6.45) is 1.44. The van der Waals surface area contributed by atoms with Gasteiger partial charge in [-0.3, -0.25) is 18.7 Å². The Balaban J connectivity index is 1.62. The minimum absolute atomic E-state index is 0.0557. The highest BCUT2D eigenvalue weighted by Crippen LogP contribution is 2.29. The normalized spacial score (nSPS) is 11.1. The molecule has 2 aromatic heterocycles. The molecule has 148 valence electrons. The van der Waals surface area contributed by atoms with E-state index < -0.39 is 17.2 Å². The summed E-state index contributed by atoms with van der Waals surface area (Å²) in [6, 6.07) is 5.01. The van der Waals surface area contributed by atoms with Crippen molar-refractivity contribution in [2.75, 3.05) is 12.4 Å². The molecule has 11 heteroatoms. The van der Waals surface area contributed by atoms with Crippen molar-refractivity contribution in [3.63, 3.8) is 0 Å². The smallest absolute Gasteiger partial charge is 0.332 e. The van der Waals surface area contributed by atoms with Gasteiger partial charge in [0.2, 0.25) is 0 Å². The predicted molar refractivity (Wildman–Crippen MR) is 108 cm³/mol. The molecule has 0 saturated carbocycles. The third-order valence-corrected chi connectivity index (χ3v) is 5.76. The maximum Gasteiger partial charge on any atom is 0.332 e. The van der Waals surface area contributed by atoms with Crippen LogP contribution in [0.15, 0.2) is 39.0 Å². The number of ether oxygens (including phenoxy) is 1. The van der Waals surface area contributed by atoms with Crippen LogP contribution in [-0.4, -0.2) is 37.0 Å². The van der Waals surface area contributed by atoms with Gasteiger partial charge < -0.3 is 9.30 Å². The first-order chi connectivity index (χ1) is 13.3. The van der Waals surface area contributed by atoms with Gasteiger partial charge in [-0.2, -0.15) is 0 Å². The number of carbonyl (C=O) groups excluding carboxylic acids is 1. The van der Waals surface area contributed by atoms with Crippen LogP contribution >= 0.6 is 35.0 Å². The Kier molecular flexibility index (Phi) is 6.17. The van der Waals surface area contributed by atoms with Gasteiger partial charge in [-0.05, 0) is 18.2 Å². The van der Waals surface area contributed by atoms with E-state index >= 15 is 0 Å². The summed E-state index contributed by atoms with van der Waals surface area (Å²) in [4.78, 5) is 41.1. The molecule has 2 heterocycles. The van der Waals surface area contributed by atoms with E-state index in [9.17, 15) is 14.4 Å². The lowest BCUT2D eigenvalue weighted by atomic mass is 10.4. The molecule has 3 rings (SSSR count). The average molecular weight is 443 g/mol. The minimum Gasteiger partial charge on any atom is -0.463 e. The van der Waals surface area contributed by atoms with E-state index in [-0.39, 0.29) is 30.1 Å². The van der Waals surface area contributed by atoms with Gasteiger partial charge in [-0.25, -0.2) is 9.78 Å². The third-order valence-electron chi connectivity index (χ3n) is 4.05. The molecule has 0 atom stereocenters. The van der Waals surface area contributed by atoms with Gasteiger partial charge in [0.1, 0.15) is 6.61 Å². The summed E-state index contributed by atoms with van der Waals surface area (Å²) in [7, 11) is 2.94. The van der Waals surface area contributed by atoms with E-state index in [4.69, 9.17) is 27.9 Å². The van der Waals surface area contributed by atoms with Crippen LogP contribution in [0.5, 0.6) is 0 Å². The summed E-state index contributed by atoms with van der Waals surface area (Å²) in [5.74, 6) is -0.355. The second-order valence-corrected chi connectivity index (χ2v) is 7.76. The molecule has 1 aromatic carbocycles. The Hall–Kier alpha value is -2.23. The van der Waals surface area contributed by atoms with Gasteiger partial charge in [-0.15, -0.1) is 11.8 Å². The molecule has 0 aliphatic rings. The summed E-state index contributed by atoms with van der Waals surface area (Å²) in [5, 5.41) is 1.04. The SMILES string of the molecule is Cn1c(=O)c2c(ncn2CCOC(=O)CSc2cc(Cl)ccc2Cl)n(C)c1=O. The van der Waals surface area contributed by atoms with Gasteiger partial charge in [0.15, 0.2) is 11.2 Å². The first-order valence-corrected chi connectivity index (χ1v) is 9.88. The Labute approximate surface area is 173 Å². The van der Waals surface area contributed by atoms with E-state index in [0.717, 1.165) is 4.57 Å². The molecule has 0 unspecified atom stereocenters. The quantitative estimate of drug-likeness (QED) is 0.428. The first-order valence-electron chi connectivity index (χ1n) is 8.14. The fourth-order valence-electron chi connectivity index (χ4n) is 2.59. The molecule has 8 nitrogen and oxygen atoms in total. The number of hydrogen-bond acceptors (Lipinski definition) is 6. The minimum atomic E-state index is -0.453. The zero-order valence-corrected chi connectivity index (χ0v) is 17.3. The standard InChI is InChI=1S/C17H16Cl2N4O4S/c1-21-15-14(16(25)22(2)17(21)26)23(9-20-15)5-6-27-13(24)8-28-12-7-10(18)3-4-11(12)19/h3-4,7,9H,5-6,8H2,1-2H3. The van der Waals surface area contributed by atoms with Gasteiger partial charge >= 0.3 is 11.7 Å². The maximum absolute atomic E-state index is 12.4. The van der Waals surface area contributed by atoms with Crippen LogP contribution in [0.25, 0.3) is 11.2 Å². The van der Waals surface area contributed by atoms with Crippen molar-refractivity contribution < 1.29 is 9.53 Å². The lowest BCUT2D eigenvalue weighted by molar-refractivity contribution is -0.140. The Bertz CT molecular complexity index is 1170. The Morgan fingerprint density at radius 3 is 2.71 bits per heavy atom. The van der Waals surface area contributed by atoms with E-state index in [1.54, 1.807) is 29.8 Å². The van der Waals surface area contributed by atoms with Crippen molar-refractivity contribution in [2.45, 2.75) is 11.4 Å². The van der Waals surface area contributed by atoms with Gasteiger partial charge in [0.25, 0.3) is 5.56 Å². The molecule has 0 saturated heterocycles. The molecule has 0 aliphatic heterocycles. The number of fused-ring (bicyclic) bond motifs is 1. The van der Waals surface area contributed by atoms with Crippen LogP contribution in [0, 0.1) is 0 Å². The number of nitrogens with zero attached hydrogens (tertiary/aromatic N) is 4. The summed E-state index contributed by atoms with van der Waals surface area (Å²) in [5.41, 5.74) is -0.342. The third kappa shape index (κ3) is 4.11. The van der Waals surface area contributed by atoms with Gasteiger partial charge in [0.05, 0.1) is 23.6 Å². The highest BCUT2D eigenvalue weighted by Gasteiger charge is 2.14. The monoisotopic (exact) mass is 442 g/mol. The molecule has 0 bridgehead atoms. The van der Waals surface area contributed by atoms with E-state index in [2.05, 4.69) is 4.98 Å². The largest absolute Gasteiger partial charge is 0.463 e. The lowest BCUT2D eigenvalue weighted by Gasteiger charge is -2.08. The highest BCUT2D eigenvalue weighted by atomic mass is 35.5. The number of imidazole rings is 1. The van der Waals surface area contributed by atoms with Crippen molar-refractivity contribution in [1.29, 1.82) is 0 Å².